The van der Waals surface area contributed by atoms with Crippen molar-refractivity contribution in [3.05, 3.63) is 41.5 Å². The number of aryl methyl sites for hydroxylation is 2. The summed E-state index contributed by atoms with van der Waals surface area (Å²) >= 11 is 0. The Balaban J connectivity index is 0. The van der Waals surface area contributed by atoms with Gasteiger partial charge < -0.3 is 5.73 Å². The monoisotopic (exact) mass is 193 g/mol. The summed E-state index contributed by atoms with van der Waals surface area (Å²) in [6.07, 6.45) is 1.88. The highest BCUT2D eigenvalue weighted by Crippen LogP contribution is 2.08. The number of nitrogens with two attached hydrogens (primary N) is 1. The first-order valence-corrected chi connectivity index (χ1v) is 5.01. The van der Waals surface area contributed by atoms with Crippen LogP contribution in [0.25, 0.3) is 6.08 Å². The highest BCUT2D eigenvalue weighted by molar-refractivity contribution is 5.49. The first kappa shape index (κ1) is 15.4. The Kier molecular flexibility index (Phi) is 11.0. The van der Waals surface area contributed by atoms with Gasteiger partial charge in [0.05, 0.1) is 0 Å². The van der Waals surface area contributed by atoms with Gasteiger partial charge in [0.15, 0.2) is 0 Å². The predicted molar refractivity (Wildman–Crippen MR) is 67.5 cm³/mol. The van der Waals surface area contributed by atoms with E-state index in [2.05, 4.69) is 44.4 Å². The van der Waals surface area contributed by atoms with Crippen molar-refractivity contribution in [3.63, 3.8) is 0 Å². The highest BCUT2D eigenvalue weighted by atomic mass is 14.4. The lowest BCUT2D eigenvalue weighted by Crippen LogP contribution is -1.78. The number of benzene rings is 1. The molecule has 14 heavy (non-hydrogen) atoms. The second kappa shape index (κ2) is 10.0. The molecule has 80 valence electrons. The van der Waals surface area contributed by atoms with Crippen molar-refractivity contribution in [1.29, 1.82) is 0 Å². The van der Waals surface area contributed by atoms with Gasteiger partial charge in [0.2, 0.25) is 0 Å². The van der Waals surface area contributed by atoms with E-state index in [9.17, 15) is 0 Å². The van der Waals surface area contributed by atoms with Crippen molar-refractivity contribution in [2.24, 2.45) is 5.73 Å². The molecule has 0 fully saturated rings. The molecule has 0 aliphatic carbocycles. The lowest BCUT2D eigenvalue weighted by Gasteiger charge is -1.97. The largest absolute Gasteiger partial charge is 0.333 e. The van der Waals surface area contributed by atoms with Crippen molar-refractivity contribution in [2.45, 2.75) is 27.7 Å². The van der Waals surface area contributed by atoms with Crippen LogP contribution in [0.15, 0.2) is 24.8 Å². The molecule has 1 aromatic rings. The first-order chi connectivity index (χ1) is 6.72. The predicted octanol–water partition coefficient (Wildman–Crippen LogP) is 3.55. The van der Waals surface area contributed by atoms with Crippen LogP contribution in [0.4, 0.5) is 0 Å². The van der Waals surface area contributed by atoms with Crippen LogP contribution in [-0.2, 0) is 0 Å². The fourth-order valence-electron chi connectivity index (χ4n) is 1.13. The summed E-state index contributed by atoms with van der Waals surface area (Å²) in [6.45, 7) is 11.9. The van der Waals surface area contributed by atoms with Crippen LogP contribution in [0.2, 0.25) is 0 Å². The fraction of sp³-hybridized carbons (Fsp3) is 0.385. The minimum atomic E-state index is 1.21. The van der Waals surface area contributed by atoms with Gasteiger partial charge in [0.25, 0.3) is 0 Å². The van der Waals surface area contributed by atoms with Crippen LogP contribution in [0.3, 0.4) is 0 Å². The quantitative estimate of drug-likeness (QED) is 0.725. The zero-order valence-corrected chi connectivity index (χ0v) is 10.1. The molecule has 0 aliphatic heterocycles. The van der Waals surface area contributed by atoms with Gasteiger partial charge in [0.1, 0.15) is 0 Å². The first-order valence-electron chi connectivity index (χ1n) is 5.01. The van der Waals surface area contributed by atoms with Crippen LogP contribution < -0.4 is 5.73 Å². The van der Waals surface area contributed by atoms with Crippen LogP contribution >= 0.6 is 0 Å². The topological polar surface area (TPSA) is 26.0 Å². The summed E-state index contributed by atoms with van der Waals surface area (Å²) in [7, 11) is 1.50. The molecule has 0 aromatic heterocycles. The molecule has 1 heteroatoms. The molecule has 0 radical (unpaired) electrons. The Bertz CT molecular complexity index is 231. The van der Waals surface area contributed by atoms with E-state index in [4.69, 9.17) is 0 Å². The van der Waals surface area contributed by atoms with Crippen LogP contribution in [0, 0.1) is 13.8 Å². The molecule has 0 unspecified atom stereocenters. The Morgan fingerprint density at radius 1 is 1.00 bits per heavy atom. The average molecular weight is 193 g/mol. The molecule has 0 aliphatic rings. The van der Waals surface area contributed by atoms with Crippen molar-refractivity contribution in [2.75, 3.05) is 7.05 Å². The molecule has 1 rings (SSSR count). The van der Waals surface area contributed by atoms with E-state index >= 15 is 0 Å². The zero-order valence-electron chi connectivity index (χ0n) is 10.1. The Morgan fingerprint density at radius 3 is 1.64 bits per heavy atom. The van der Waals surface area contributed by atoms with Crippen LogP contribution in [0.5, 0.6) is 0 Å². The molecule has 0 saturated carbocycles. The number of hydrogen-bond acceptors (Lipinski definition) is 1. The number of rotatable bonds is 1. The summed E-state index contributed by atoms with van der Waals surface area (Å²) in [6, 6.07) is 6.41. The van der Waals surface area contributed by atoms with E-state index in [-0.39, 0.29) is 0 Å². The van der Waals surface area contributed by atoms with E-state index in [0.717, 1.165) is 0 Å². The molecule has 2 N–H and O–H groups in total. The van der Waals surface area contributed by atoms with Gasteiger partial charge in [-0.15, -0.1) is 0 Å². The molecule has 1 aromatic carbocycles. The van der Waals surface area contributed by atoms with Gasteiger partial charge in [-0.1, -0.05) is 55.8 Å². The van der Waals surface area contributed by atoms with E-state index in [1.165, 1.54) is 23.7 Å². The van der Waals surface area contributed by atoms with Crippen LogP contribution in [0.1, 0.15) is 30.5 Å². The van der Waals surface area contributed by atoms with Crippen molar-refractivity contribution < 1.29 is 0 Å². The summed E-state index contributed by atoms with van der Waals surface area (Å²) in [5.74, 6) is 0. The molecule has 0 spiro atoms. The lowest BCUT2D eigenvalue weighted by atomic mass is 10.1. The average Bonchev–Trinajstić information content (AvgIpc) is 2.22. The SMILES string of the molecule is C=Cc1cc(C)cc(C)c1.CC.CN. The van der Waals surface area contributed by atoms with Crippen molar-refractivity contribution in [1.82, 2.24) is 0 Å². The van der Waals surface area contributed by atoms with E-state index < -0.39 is 0 Å². The Hall–Kier alpha value is -1.08. The Morgan fingerprint density at radius 2 is 1.36 bits per heavy atom. The summed E-state index contributed by atoms with van der Waals surface area (Å²) in [5, 5.41) is 0. The summed E-state index contributed by atoms with van der Waals surface area (Å²) in [4.78, 5) is 0. The zero-order chi connectivity index (χ0) is 11.6. The molecule has 1 nitrogen and oxygen atoms in total. The maximum atomic E-state index is 4.50. The van der Waals surface area contributed by atoms with E-state index in [1.54, 1.807) is 0 Å². The third kappa shape index (κ3) is 6.44. The molecule has 0 atom stereocenters. The second-order valence-corrected chi connectivity index (χ2v) is 2.63. The molecule has 0 saturated heterocycles. The van der Waals surface area contributed by atoms with Gasteiger partial charge in [-0.2, -0.15) is 0 Å². The van der Waals surface area contributed by atoms with Gasteiger partial charge in [-0.3, -0.25) is 0 Å². The maximum absolute atomic E-state index is 4.50. The van der Waals surface area contributed by atoms with Crippen LogP contribution in [-0.4, -0.2) is 7.05 Å². The minimum Gasteiger partial charge on any atom is -0.333 e. The molecular weight excluding hydrogens is 170 g/mol. The van der Waals surface area contributed by atoms with Gasteiger partial charge in [-0.25, -0.2) is 0 Å². The molecular formula is C13H23N. The lowest BCUT2D eigenvalue weighted by molar-refractivity contribution is 1.37. The molecule has 0 heterocycles. The van der Waals surface area contributed by atoms with Gasteiger partial charge in [-0.05, 0) is 26.5 Å². The second-order valence-electron chi connectivity index (χ2n) is 2.63. The summed E-state index contributed by atoms with van der Waals surface area (Å²) < 4.78 is 0. The van der Waals surface area contributed by atoms with E-state index in [1.807, 2.05) is 19.9 Å². The third-order valence-corrected chi connectivity index (χ3v) is 1.48. The number of hydrogen-bond donors (Lipinski definition) is 1. The van der Waals surface area contributed by atoms with E-state index in [0.29, 0.717) is 0 Å². The van der Waals surface area contributed by atoms with Crippen molar-refractivity contribution in [3.8, 4) is 0 Å². The standard InChI is InChI=1S/C10H12.C2H6.CH5N/c1-4-10-6-8(2)5-9(3)7-10;2*1-2/h4-7H,1H2,2-3H3;1-2H3;2H2,1H3. The maximum Gasteiger partial charge on any atom is -0.0195 e. The smallest absolute Gasteiger partial charge is 0.0195 e. The van der Waals surface area contributed by atoms with Crippen molar-refractivity contribution >= 4 is 6.08 Å². The Labute approximate surface area is 88.6 Å². The van der Waals surface area contributed by atoms with Gasteiger partial charge in [0, 0.05) is 0 Å². The molecule has 0 bridgehead atoms. The van der Waals surface area contributed by atoms with Gasteiger partial charge >= 0.3 is 0 Å². The fourth-order valence-corrected chi connectivity index (χ4v) is 1.13. The molecule has 0 amide bonds. The minimum absolute atomic E-state index is 1.21. The third-order valence-electron chi connectivity index (χ3n) is 1.48. The normalized spacial score (nSPS) is 7.57. The summed E-state index contributed by atoms with van der Waals surface area (Å²) in [5.41, 5.74) is 8.31. The highest BCUT2D eigenvalue weighted by Gasteiger charge is 1.89.